The highest BCUT2D eigenvalue weighted by Gasteiger charge is 2.27. The number of benzene rings is 1. The summed E-state index contributed by atoms with van der Waals surface area (Å²) >= 11 is 0. The largest absolute Gasteiger partial charge is 0.344 e. The Kier molecular flexibility index (Phi) is 6.84. The van der Waals surface area contributed by atoms with Crippen LogP contribution in [0.1, 0.15) is 53.0 Å². The van der Waals surface area contributed by atoms with E-state index >= 15 is 0 Å². The number of carbonyl (C=O) groups is 1. The number of piperidine rings is 1. The molecule has 1 amide bonds. The van der Waals surface area contributed by atoms with Gasteiger partial charge in [-0.05, 0) is 63.6 Å². The van der Waals surface area contributed by atoms with E-state index in [9.17, 15) is 4.79 Å². The van der Waals surface area contributed by atoms with E-state index in [4.69, 9.17) is 0 Å². The van der Waals surface area contributed by atoms with Crippen LogP contribution >= 0.6 is 12.4 Å². The standard InChI is InChI=1S/C23H31N3O.ClH/c1-17-14-22(18(2)26(17)16-20-6-4-3-5-7-20)23(27)25-12-10-21(11-13-25)24-15-19-8-9-19;/h3-7,14,19,21,24H,8-13,15-16H2,1-2H3;1H. The number of likely N-dealkylation sites (tertiary alicyclic amines) is 1. The van der Waals surface area contributed by atoms with Crippen molar-refractivity contribution < 1.29 is 4.79 Å². The van der Waals surface area contributed by atoms with Gasteiger partial charge in [0.1, 0.15) is 0 Å². The number of nitrogens with one attached hydrogen (secondary N) is 1. The minimum absolute atomic E-state index is 0. The Hall–Kier alpha value is -1.78. The average Bonchev–Trinajstić information content (AvgIpc) is 3.49. The van der Waals surface area contributed by atoms with E-state index in [2.05, 4.69) is 54.1 Å². The summed E-state index contributed by atoms with van der Waals surface area (Å²) in [7, 11) is 0. The van der Waals surface area contributed by atoms with Gasteiger partial charge in [0, 0.05) is 37.1 Å². The molecule has 1 saturated carbocycles. The van der Waals surface area contributed by atoms with Gasteiger partial charge in [-0.3, -0.25) is 4.79 Å². The molecule has 4 nitrogen and oxygen atoms in total. The van der Waals surface area contributed by atoms with Gasteiger partial charge in [0.05, 0.1) is 5.56 Å². The van der Waals surface area contributed by atoms with Crippen LogP contribution in [0.3, 0.4) is 0 Å². The van der Waals surface area contributed by atoms with Crippen LogP contribution in [0, 0.1) is 19.8 Å². The molecule has 4 rings (SSSR count). The third-order valence-corrected chi connectivity index (χ3v) is 6.16. The number of hydrogen-bond donors (Lipinski definition) is 1. The fraction of sp³-hybridized carbons (Fsp3) is 0.522. The summed E-state index contributed by atoms with van der Waals surface area (Å²) in [5, 5.41) is 3.69. The van der Waals surface area contributed by atoms with E-state index in [1.54, 1.807) is 0 Å². The second-order valence-electron chi connectivity index (χ2n) is 8.27. The molecule has 1 saturated heterocycles. The molecule has 1 aliphatic carbocycles. The Bertz CT molecular complexity index is 790. The number of halogens is 1. The van der Waals surface area contributed by atoms with Crippen LogP contribution in [0.15, 0.2) is 36.4 Å². The van der Waals surface area contributed by atoms with Crippen LogP contribution in [-0.2, 0) is 6.54 Å². The van der Waals surface area contributed by atoms with Crippen molar-refractivity contribution in [2.75, 3.05) is 19.6 Å². The molecule has 2 heterocycles. The molecule has 0 bridgehead atoms. The number of carbonyl (C=O) groups excluding carboxylic acids is 1. The lowest BCUT2D eigenvalue weighted by Crippen LogP contribution is -2.45. The number of aryl methyl sites for hydroxylation is 1. The van der Waals surface area contributed by atoms with Crippen molar-refractivity contribution in [3.8, 4) is 0 Å². The summed E-state index contributed by atoms with van der Waals surface area (Å²) in [5.74, 6) is 1.11. The molecular weight excluding hydrogens is 370 g/mol. The van der Waals surface area contributed by atoms with Crippen molar-refractivity contribution >= 4 is 18.3 Å². The Labute approximate surface area is 174 Å². The predicted molar refractivity (Wildman–Crippen MR) is 116 cm³/mol. The minimum Gasteiger partial charge on any atom is -0.344 e. The molecule has 5 heteroatoms. The normalized spacial score (nSPS) is 17.4. The average molecular weight is 402 g/mol. The lowest BCUT2D eigenvalue weighted by molar-refractivity contribution is 0.0704. The SMILES string of the molecule is Cc1cc(C(=O)N2CCC(NCC3CC3)CC2)c(C)n1Cc1ccccc1.Cl. The molecule has 28 heavy (non-hydrogen) atoms. The summed E-state index contributed by atoms with van der Waals surface area (Å²) in [6.07, 6.45) is 4.92. The van der Waals surface area contributed by atoms with Crippen molar-refractivity contribution in [2.24, 2.45) is 5.92 Å². The van der Waals surface area contributed by atoms with Crippen LogP contribution in [0.25, 0.3) is 0 Å². The van der Waals surface area contributed by atoms with Crippen molar-refractivity contribution in [1.82, 2.24) is 14.8 Å². The fourth-order valence-electron chi connectivity index (χ4n) is 4.14. The Morgan fingerprint density at radius 1 is 1.07 bits per heavy atom. The number of aromatic nitrogens is 1. The molecule has 0 atom stereocenters. The summed E-state index contributed by atoms with van der Waals surface area (Å²) < 4.78 is 2.26. The monoisotopic (exact) mass is 401 g/mol. The van der Waals surface area contributed by atoms with Gasteiger partial charge in [0.2, 0.25) is 0 Å². The van der Waals surface area contributed by atoms with E-state index in [1.165, 1.54) is 24.9 Å². The topological polar surface area (TPSA) is 37.3 Å². The predicted octanol–water partition coefficient (Wildman–Crippen LogP) is 4.18. The van der Waals surface area contributed by atoms with Gasteiger partial charge in [0.25, 0.3) is 5.91 Å². The highest BCUT2D eigenvalue weighted by Crippen LogP contribution is 2.28. The first-order chi connectivity index (χ1) is 13.1. The molecule has 1 aliphatic heterocycles. The van der Waals surface area contributed by atoms with Crippen LogP contribution in [-0.4, -0.2) is 41.1 Å². The first-order valence-electron chi connectivity index (χ1n) is 10.3. The van der Waals surface area contributed by atoms with Gasteiger partial charge in [0.15, 0.2) is 0 Å². The Morgan fingerprint density at radius 2 is 1.75 bits per heavy atom. The van der Waals surface area contributed by atoms with E-state index < -0.39 is 0 Å². The second-order valence-corrected chi connectivity index (χ2v) is 8.27. The van der Waals surface area contributed by atoms with Crippen molar-refractivity contribution in [1.29, 1.82) is 0 Å². The van der Waals surface area contributed by atoms with Gasteiger partial charge in [-0.2, -0.15) is 0 Å². The molecule has 0 spiro atoms. The van der Waals surface area contributed by atoms with Crippen LogP contribution in [0.2, 0.25) is 0 Å². The summed E-state index contributed by atoms with van der Waals surface area (Å²) in [6.45, 7) is 7.89. The van der Waals surface area contributed by atoms with Gasteiger partial charge in [-0.15, -0.1) is 12.4 Å². The molecule has 1 aromatic heterocycles. The highest BCUT2D eigenvalue weighted by atomic mass is 35.5. The third kappa shape index (κ3) is 4.79. The number of nitrogens with zero attached hydrogens (tertiary/aromatic N) is 2. The van der Waals surface area contributed by atoms with E-state index in [0.29, 0.717) is 6.04 Å². The molecule has 152 valence electrons. The van der Waals surface area contributed by atoms with Gasteiger partial charge in [-0.25, -0.2) is 0 Å². The highest BCUT2D eigenvalue weighted by molar-refractivity contribution is 5.95. The number of rotatable bonds is 6. The summed E-state index contributed by atoms with van der Waals surface area (Å²) in [4.78, 5) is 15.2. The lowest BCUT2D eigenvalue weighted by atomic mass is 10.0. The smallest absolute Gasteiger partial charge is 0.255 e. The van der Waals surface area contributed by atoms with Gasteiger partial charge >= 0.3 is 0 Å². The lowest BCUT2D eigenvalue weighted by Gasteiger charge is -2.32. The first-order valence-corrected chi connectivity index (χ1v) is 10.3. The Morgan fingerprint density at radius 3 is 2.39 bits per heavy atom. The first kappa shape index (κ1) is 20.9. The third-order valence-electron chi connectivity index (χ3n) is 6.16. The molecule has 2 aliphatic rings. The molecule has 2 fully saturated rings. The van der Waals surface area contributed by atoms with Crippen LogP contribution in [0.5, 0.6) is 0 Å². The van der Waals surface area contributed by atoms with Crippen LogP contribution in [0.4, 0.5) is 0 Å². The number of amides is 1. The molecule has 0 radical (unpaired) electrons. The molecule has 1 aromatic carbocycles. The fourth-order valence-corrected chi connectivity index (χ4v) is 4.14. The van der Waals surface area contributed by atoms with Crippen molar-refractivity contribution in [3.63, 3.8) is 0 Å². The van der Waals surface area contributed by atoms with E-state index in [1.807, 2.05) is 11.0 Å². The Balaban J connectivity index is 0.00000225. The van der Waals surface area contributed by atoms with E-state index in [0.717, 1.165) is 55.3 Å². The zero-order valence-corrected chi connectivity index (χ0v) is 17.8. The number of hydrogen-bond acceptors (Lipinski definition) is 2. The molecule has 1 N–H and O–H groups in total. The second kappa shape index (κ2) is 9.15. The van der Waals surface area contributed by atoms with Gasteiger partial charge < -0.3 is 14.8 Å². The molecular formula is C23H32ClN3O. The maximum atomic E-state index is 13.1. The van der Waals surface area contributed by atoms with Gasteiger partial charge in [-0.1, -0.05) is 30.3 Å². The maximum absolute atomic E-state index is 13.1. The quantitative estimate of drug-likeness (QED) is 0.788. The minimum atomic E-state index is 0. The zero-order chi connectivity index (χ0) is 18.8. The van der Waals surface area contributed by atoms with Crippen molar-refractivity contribution in [2.45, 2.75) is 52.1 Å². The maximum Gasteiger partial charge on any atom is 0.255 e. The van der Waals surface area contributed by atoms with E-state index in [-0.39, 0.29) is 18.3 Å². The summed E-state index contributed by atoms with van der Waals surface area (Å²) in [5.41, 5.74) is 4.37. The molecule has 0 unspecified atom stereocenters. The zero-order valence-electron chi connectivity index (χ0n) is 17.0. The van der Waals surface area contributed by atoms with Crippen LogP contribution < -0.4 is 5.32 Å². The summed E-state index contributed by atoms with van der Waals surface area (Å²) in [6, 6.07) is 13.1. The molecule has 2 aromatic rings. The van der Waals surface area contributed by atoms with Crippen molar-refractivity contribution in [3.05, 3.63) is 58.9 Å².